The number of carboxylic acids is 1. The predicted octanol–water partition coefficient (Wildman–Crippen LogP) is 5.50. The Hall–Kier alpha value is -2.37. The highest BCUT2D eigenvalue weighted by Crippen LogP contribution is 2.49. The second-order valence-electron chi connectivity index (χ2n) is 11.1. The smallest absolute Gasteiger partial charge is 0.335 e. The number of amidine groups is 1. The Morgan fingerprint density at radius 3 is 2.24 bits per heavy atom. The van der Waals surface area contributed by atoms with E-state index in [-0.39, 0.29) is 22.9 Å². The lowest BCUT2D eigenvalue weighted by Crippen LogP contribution is -2.52. The lowest BCUT2D eigenvalue weighted by molar-refractivity contribution is -0.134. The van der Waals surface area contributed by atoms with Gasteiger partial charge in [0.2, 0.25) is 0 Å². The molecule has 1 saturated heterocycles. The van der Waals surface area contributed by atoms with E-state index in [1.54, 1.807) is 12.1 Å². The third-order valence-electron chi connectivity index (χ3n) is 8.08. The van der Waals surface area contributed by atoms with Crippen molar-refractivity contribution in [2.75, 3.05) is 13.1 Å². The maximum atomic E-state index is 14.0. The van der Waals surface area contributed by atoms with Gasteiger partial charge >= 0.3 is 5.97 Å². The molecule has 0 unspecified atom stereocenters. The Morgan fingerprint density at radius 2 is 1.73 bits per heavy atom. The molecule has 4 rings (SSSR count). The zero-order chi connectivity index (χ0) is 23.8. The van der Waals surface area contributed by atoms with Crippen LogP contribution >= 0.6 is 0 Å². The minimum atomic E-state index is -0.931. The molecule has 2 aliphatic heterocycles. The van der Waals surface area contributed by atoms with Crippen LogP contribution in [0.1, 0.15) is 101 Å². The third kappa shape index (κ3) is 4.53. The van der Waals surface area contributed by atoms with E-state index in [1.165, 1.54) is 6.42 Å². The molecular weight excluding hydrogens is 414 g/mol. The van der Waals surface area contributed by atoms with Crippen molar-refractivity contribution in [2.24, 2.45) is 16.3 Å². The predicted molar refractivity (Wildman–Crippen MR) is 130 cm³/mol. The van der Waals surface area contributed by atoms with Crippen LogP contribution in [0.5, 0.6) is 0 Å². The lowest BCUT2D eigenvalue weighted by Gasteiger charge is -2.47. The second kappa shape index (κ2) is 9.11. The number of piperidine rings is 1. The summed E-state index contributed by atoms with van der Waals surface area (Å²) in [7, 11) is 0. The molecule has 1 amide bonds. The largest absolute Gasteiger partial charge is 0.478 e. The van der Waals surface area contributed by atoms with Crippen LogP contribution in [0.4, 0.5) is 0 Å². The first-order chi connectivity index (χ1) is 15.7. The molecule has 1 spiro atoms. The van der Waals surface area contributed by atoms with Crippen LogP contribution in [0.3, 0.4) is 0 Å². The third-order valence-corrected chi connectivity index (χ3v) is 8.08. The van der Waals surface area contributed by atoms with E-state index in [4.69, 9.17) is 4.99 Å². The molecule has 1 aromatic rings. The van der Waals surface area contributed by atoms with Gasteiger partial charge in [-0.05, 0) is 80.4 Å². The van der Waals surface area contributed by atoms with Gasteiger partial charge in [-0.3, -0.25) is 4.79 Å². The maximum absolute atomic E-state index is 14.0. The average Bonchev–Trinajstić information content (AvgIpc) is 3.07. The number of hydrogen-bond donors (Lipinski definition) is 1. The molecule has 2 fully saturated rings. The van der Waals surface area contributed by atoms with Crippen molar-refractivity contribution in [3.05, 3.63) is 35.4 Å². The number of likely N-dealkylation sites (tertiary alicyclic amines) is 1. The van der Waals surface area contributed by atoms with Crippen LogP contribution in [-0.4, -0.2) is 51.4 Å². The van der Waals surface area contributed by atoms with E-state index in [1.807, 2.05) is 12.1 Å². The summed E-state index contributed by atoms with van der Waals surface area (Å²) in [6.45, 7) is 10.9. The van der Waals surface area contributed by atoms with E-state index >= 15 is 0 Å². The first-order valence-corrected chi connectivity index (χ1v) is 12.7. The molecule has 2 heterocycles. The van der Waals surface area contributed by atoms with E-state index in [0.717, 1.165) is 63.6 Å². The summed E-state index contributed by atoms with van der Waals surface area (Å²) in [5.74, 6) is 0.411. The molecule has 0 bridgehead atoms. The zero-order valence-electron chi connectivity index (χ0n) is 20.6. The van der Waals surface area contributed by atoms with E-state index in [9.17, 15) is 14.7 Å². The Bertz CT molecular complexity index is 902. The Morgan fingerprint density at radius 1 is 1.12 bits per heavy atom. The van der Waals surface area contributed by atoms with E-state index < -0.39 is 11.6 Å². The highest BCUT2D eigenvalue weighted by atomic mass is 16.4. The number of aromatic carboxylic acids is 1. The van der Waals surface area contributed by atoms with Gasteiger partial charge in [-0.2, -0.15) is 0 Å². The van der Waals surface area contributed by atoms with Crippen LogP contribution in [0, 0.1) is 11.3 Å². The number of carbonyl (C=O) groups excluding carboxylic acids is 1. The number of nitrogens with zero attached hydrogens (tertiary/aromatic N) is 3. The number of carboxylic acid groups (broad SMARTS) is 1. The molecule has 0 radical (unpaired) electrons. The molecule has 1 aromatic carbocycles. The lowest BCUT2D eigenvalue weighted by atomic mass is 9.69. The Labute approximate surface area is 198 Å². The summed E-state index contributed by atoms with van der Waals surface area (Å²) >= 11 is 0. The fraction of sp³-hybridized carbons (Fsp3) is 0.667. The van der Waals surface area contributed by atoms with Gasteiger partial charge in [-0.25, -0.2) is 9.79 Å². The van der Waals surface area contributed by atoms with Crippen LogP contribution in [-0.2, 0) is 4.79 Å². The Kier molecular flexibility index (Phi) is 6.56. The molecule has 6 nitrogen and oxygen atoms in total. The fourth-order valence-corrected chi connectivity index (χ4v) is 6.05. The molecular formula is C27H39N3O3. The van der Waals surface area contributed by atoms with Crippen LogP contribution in [0.15, 0.2) is 29.3 Å². The van der Waals surface area contributed by atoms with E-state index in [2.05, 4.69) is 37.5 Å². The van der Waals surface area contributed by atoms with Crippen molar-refractivity contribution in [2.45, 2.75) is 90.8 Å². The molecule has 1 atom stereocenters. The summed E-state index contributed by atoms with van der Waals surface area (Å²) in [4.78, 5) is 34.8. The molecule has 3 aliphatic rings. The summed E-state index contributed by atoms with van der Waals surface area (Å²) < 4.78 is 0. The maximum Gasteiger partial charge on any atom is 0.335 e. The topological polar surface area (TPSA) is 73.2 Å². The first-order valence-electron chi connectivity index (χ1n) is 12.7. The van der Waals surface area contributed by atoms with Gasteiger partial charge in [0.1, 0.15) is 5.66 Å². The minimum Gasteiger partial charge on any atom is -0.478 e. The highest BCUT2D eigenvalue weighted by molar-refractivity contribution is 6.39. The van der Waals surface area contributed by atoms with Crippen molar-refractivity contribution in [3.63, 3.8) is 0 Å². The number of amides is 1. The molecule has 1 aliphatic carbocycles. The van der Waals surface area contributed by atoms with Crippen molar-refractivity contribution in [3.8, 4) is 0 Å². The average molecular weight is 454 g/mol. The Balaban J connectivity index is 1.69. The van der Waals surface area contributed by atoms with Gasteiger partial charge < -0.3 is 14.9 Å². The molecule has 33 heavy (non-hydrogen) atoms. The van der Waals surface area contributed by atoms with Gasteiger partial charge in [0.15, 0.2) is 5.84 Å². The summed E-state index contributed by atoms with van der Waals surface area (Å²) in [6, 6.07) is 6.93. The standard InChI is InChI=1S/C27H39N3O3/c1-5-22(19-9-11-20(12-10-19)25(32)33)30-24(31)23(29-17-7-6-8-18-29)28-27(30)15-13-21(14-16-27)26(2,3)4/h9-12,21-22H,5-8,13-18H2,1-4H3,(H,32,33)/t21?,22-,27?/m1/s1. The van der Waals surface area contributed by atoms with E-state index in [0.29, 0.717) is 11.8 Å². The summed E-state index contributed by atoms with van der Waals surface area (Å²) in [5, 5.41) is 9.30. The normalized spacial score (nSPS) is 27.1. The highest BCUT2D eigenvalue weighted by Gasteiger charge is 2.53. The molecule has 6 heteroatoms. The van der Waals surface area contributed by atoms with Gasteiger partial charge in [-0.15, -0.1) is 0 Å². The van der Waals surface area contributed by atoms with Crippen molar-refractivity contribution in [1.29, 1.82) is 0 Å². The monoisotopic (exact) mass is 453 g/mol. The van der Waals surface area contributed by atoms with Gasteiger partial charge in [0.05, 0.1) is 11.6 Å². The van der Waals surface area contributed by atoms with Crippen molar-refractivity contribution in [1.82, 2.24) is 9.80 Å². The van der Waals surface area contributed by atoms with Crippen LogP contribution in [0.25, 0.3) is 0 Å². The first kappa shape index (κ1) is 23.8. The van der Waals surface area contributed by atoms with Crippen molar-refractivity contribution >= 4 is 17.7 Å². The molecule has 1 N–H and O–H groups in total. The number of hydrogen-bond acceptors (Lipinski definition) is 4. The van der Waals surface area contributed by atoms with Crippen LogP contribution < -0.4 is 0 Å². The molecule has 1 saturated carbocycles. The minimum absolute atomic E-state index is 0.0558. The molecule has 0 aromatic heterocycles. The number of aliphatic imine (C=N–C) groups is 1. The van der Waals surface area contributed by atoms with Gasteiger partial charge in [-0.1, -0.05) is 39.8 Å². The number of carbonyl (C=O) groups is 2. The SMILES string of the molecule is CC[C@H](c1ccc(C(=O)O)cc1)N1C(=O)C(N2CCCCC2)=NC12CCC(C(C)(C)C)CC2. The number of rotatable bonds is 4. The summed E-state index contributed by atoms with van der Waals surface area (Å²) in [5.41, 5.74) is 1.03. The zero-order valence-corrected chi connectivity index (χ0v) is 20.6. The van der Waals surface area contributed by atoms with Crippen molar-refractivity contribution < 1.29 is 14.7 Å². The van der Waals surface area contributed by atoms with Crippen LogP contribution in [0.2, 0.25) is 0 Å². The quantitative estimate of drug-likeness (QED) is 0.654. The van der Waals surface area contributed by atoms with Gasteiger partial charge in [0, 0.05) is 13.1 Å². The summed E-state index contributed by atoms with van der Waals surface area (Å²) in [6.07, 6.45) is 8.12. The van der Waals surface area contributed by atoms with Gasteiger partial charge in [0.25, 0.3) is 5.91 Å². The molecule has 180 valence electrons. The number of benzene rings is 1. The second-order valence-corrected chi connectivity index (χ2v) is 11.1. The fourth-order valence-electron chi connectivity index (χ4n) is 6.05.